The highest BCUT2D eigenvalue weighted by molar-refractivity contribution is 5.06. The van der Waals surface area contributed by atoms with Gasteiger partial charge in [-0.2, -0.15) is 5.10 Å². The van der Waals surface area contributed by atoms with Crippen molar-refractivity contribution in [3.63, 3.8) is 0 Å². The van der Waals surface area contributed by atoms with E-state index in [1.807, 2.05) is 6.92 Å². The van der Waals surface area contributed by atoms with Crippen LogP contribution in [0.25, 0.3) is 0 Å². The molecule has 1 aromatic heterocycles. The number of aryl methyl sites for hydroxylation is 2. The van der Waals surface area contributed by atoms with Crippen molar-refractivity contribution >= 4 is 0 Å². The Morgan fingerprint density at radius 1 is 1.47 bits per heavy atom. The minimum absolute atomic E-state index is 0.618. The second-order valence-corrected chi connectivity index (χ2v) is 4.29. The zero-order chi connectivity index (χ0) is 11.3. The normalized spacial score (nSPS) is 13.1. The average molecular weight is 209 g/mol. The number of rotatable bonds is 6. The number of hydrogen-bond donors (Lipinski definition) is 1. The third kappa shape index (κ3) is 4.04. The molecule has 1 N–H and O–H groups in total. The lowest BCUT2D eigenvalue weighted by Gasteiger charge is -2.12. The molecular weight excluding hydrogens is 186 g/mol. The summed E-state index contributed by atoms with van der Waals surface area (Å²) in [5.74, 6) is 0. The summed E-state index contributed by atoms with van der Waals surface area (Å²) in [5, 5.41) is 7.94. The molecular formula is C12H23N3. The molecule has 3 heteroatoms. The summed E-state index contributed by atoms with van der Waals surface area (Å²) < 4.78 is 2.07. The Morgan fingerprint density at radius 2 is 2.20 bits per heavy atom. The van der Waals surface area contributed by atoms with Gasteiger partial charge in [-0.1, -0.05) is 13.3 Å². The maximum atomic E-state index is 4.43. The Kier molecular flexibility index (Phi) is 4.82. The largest absolute Gasteiger partial charge is 0.312 e. The van der Waals surface area contributed by atoms with Crippen molar-refractivity contribution in [3.8, 4) is 0 Å². The van der Waals surface area contributed by atoms with Gasteiger partial charge in [0.2, 0.25) is 0 Å². The van der Waals surface area contributed by atoms with Crippen LogP contribution in [0.1, 0.15) is 38.1 Å². The highest BCUT2D eigenvalue weighted by atomic mass is 15.3. The summed E-state index contributed by atoms with van der Waals surface area (Å²) in [6, 6.07) is 2.74. The molecule has 0 bridgehead atoms. The molecule has 1 aromatic rings. The van der Waals surface area contributed by atoms with Crippen LogP contribution < -0.4 is 5.32 Å². The van der Waals surface area contributed by atoms with Gasteiger partial charge < -0.3 is 5.32 Å². The molecule has 0 aliphatic heterocycles. The van der Waals surface area contributed by atoms with E-state index in [1.165, 1.54) is 18.5 Å². The standard InChI is InChI=1S/C12H23N3/c1-5-6-10(2)13-7-8-15-12(4)9-11(3)14-15/h9-10,13H,5-8H2,1-4H3. The molecule has 0 spiro atoms. The van der Waals surface area contributed by atoms with Gasteiger partial charge >= 0.3 is 0 Å². The maximum Gasteiger partial charge on any atom is 0.0596 e. The molecule has 86 valence electrons. The van der Waals surface area contributed by atoms with E-state index >= 15 is 0 Å². The molecule has 1 unspecified atom stereocenters. The van der Waals surface area contributed by atoms with E-state index in [-0.39, 0.29) is 0 Å². The molecule has 0 saturated heterocycles. The highest BCUT2D eigenvalue weighted by Gasteiger charge is 2.02. The van der Waals surface area contributed by atoms with Crippen molar-refractivity contribution < 1.29 is 0 Å². The molecule has 0 amide bonds. The summed E-state index contributed by atoms with van der Waals surface area (Å²) in [4.78, 5) is 0. The Labute approximate surface area is 92.9 Å². The lowest BCUT2D eigenvalue weighted by atomic mass is 10.2. The average Bonchev–Trinajstić information content (AvgIpc) is 2.46. The van der Waals surface area contributed by atoms with E-state index in [0.29, 0.717) is 6.04 Å². The summed E-state index contributed by atoms with van der Waals surface area (Å²) in [6.07, 6.45) is 2.49. The van der Waals surface area contributed by atoms with Crippen molar-refractivity contribution in [2.24, 2.45) is 0 Å². The van der Waals surface area contributed by atoms with Gasteiger partial charge in [-0.05, 0) is 33.3 Å². The number of nitrogens with one attached hydrogen (secondary N) is 1. The lowest BCUT2D eigenvalue weighted by molar-refractivity contribution is 0.468. The second-order valence-electron chi connectivity index (χ2n) is 4.29. The van der Waals surface area contributed by atoms with Gasteiger partial charge in [-0.25, -0.2) is 0 Å². The van der Waals surface area contributed by atoms with E-state index in [9.17, 15) is 0 Å². The van der Waals surface area contributed by atoms with Gasteiger partial charge in [0, 0.05) is 18.3 Å². The Balaban J connectivity index is 2.28. The van der Waals surface area contributed by atoms with Crippen LogP contribution in [0.5, 0.6) is 0 Å². The van der Waals surface area contributed by atoms with E-state index in [0.717, 1.165) is 18.8 Å². The second kappa shape index (κ2) is 5.91. The predicted molar refractivity (Wildman–Crippen MR) is 64.1 cm³/mol. The van der Waals surface area contributed by atoms with Crippen LogP contribution in [0, 0.1) is 13.8 Å². The first-order chi connectivity index (χ1) is 7.13. The first-order valence-corrected chi connectivity index (χ1v) is 5.88. The summed E-state index contributed by atoms with van der Waals surface area (Å²) >= 11 is 0. The van der Waals surface area contributed by atoms with Gasteiger partial charge in [-0.15, -0.1) is 0 Å². The lowest BCUT2D eigenvalue weighted by Crippen LogP contribution is -2.29. The molecule has 0 radical (unpaired) electrons. The summed E-state index contributed by atoms with van der Waals surface area (Å²) in [5.41, 5.74) is 2.35. The Bertz CT molecular complexity index is 291. The van der Waals surface area contributed by atoms with Crippen LogP contribution in [-0.4, -0.2) is 22.4 Å². The monoisotopic (exact) mass is 209 g/mol. The predicted octanol–water partition coefficient (Wildman–Crippen LogP) is 2.28. The fourth-order valence-corrected chi connectivity index (χ4v) is 1.85. The third-order valence-electron chi connectivity index (χ3n) is 2.64. The van der Waals surface area contributed by atoms with Gasteiger partial charge in [0.05, 0.1) is 12.2 Å². The van der Waals surface area contributed by atoms with Crippen molar-refractivity contribution in [3.05, 3.63) is 17.5 Å². The molecule has 1 atom stereocenters. The van der Waals surface area contributed by atoms with Crippen molar-refractivity contribution in [1.29, 1.82) is 0 Å². The molecule has 0 aliphatic carbocycles. The molecule has 0 saturated carbocycles. The minimum atomic E-state index is 0.618. The van der Waals surface area contributed by atoms with Crippen LogP contribution in [-0.2, 0) is 6.54 Å². The summed E-state index contributed by atoms with van der Waals surface area (Å²) in [6.45, 7) is 10.6. The van der Waals surface area contributed by atoms with Gasteiger partial charge in [0.15, 0.2) is 0 Å². The van der Waals surface area contributed by atoms with Crippen molar-refractivity contribution in [1.82, 2.24) is 15.1 Å². The number of hydrogen-bond acceptors (Lipinski definition) is 2. The molecule has 0 aromatic carbocycles. The highest BCUT2D eigenvalue weighted by Crippen LogP contribution is 2.01. The van der Waals surface area contributed by atoms with Crippen LogP contribution in [0.3, 0.4) is 0 Å². The van der Waals surface area contributed by atoms with Crippen LogP contribution in [0.4, 0.5) is 0 Å². The van der Waals surface area contributed by atoms with Crippen molar-refractivity contribution in [2.45, 2.75) is 53.1 Å². The third-order valence-corrected chi connectivity index (χ3v) is 2.64. The van der Waals surface area contributed by atoms with Crippen LogP contribution >= 0.6 is 0 Å². The smallest absolute Gasteiger partial charge is 0.0596 e. The fraction of sp³-hybridized carbons (Fsp3) is 0.750. The minimum Gasteiger partial charge on any atom is -0.312 e. The first-order valence-electron chi connectivity index (χ1n) is 5.88. The molecule has 0 fully saturated rings. The molecule has 1 heterocycles. The van der Waals surface area contributed by atoms with E-state index in [2.05, 4.69) is 41.9 Å². The topological polar surface area (TPSA) is 29.9 Å². The van der Waals surface area contributed by atoms with Gasteiger partial charge in [-0.3, -0.25) is 4.68 Å². The zero-order valence-corrected chi connectivity index (χ0v) is 10.4. The van der Waals surface area contributed by atoms with Crippen LogP contribution in [0.2, 0.25) is 0 Å². The molecule has 1 rings (SSSR count). The SMILES string of the molecule is CCCC(C)NCCn1nc(C)cc1C. The molecule has 15 heavy (non-hydrogen) atoms. The quantitative estimate of drug-likeness (QED) is 0.779. The zero-order valence-electron chi connectivity index (χ0n) is 10.4. The van der Waals surface area contributed by atoms with E-state index < -0.39 is 0 Å². The number of nitrogens with zero attached hydrogens (tertiary/aromatic N) is 2. The molecule has 0 aliphatic rings. The first kappa shape index (κ1) is 12.2. The molecule has 3 nitrogen and oxygen atoms in total. The van der Waals surface area contributed by atoms with Gasteiger partial charge in [0.25, 0.3) is 0 Å². The van der Waals surface area contributed by atoms with Crippen LogP contribution in [0.15, 0.2) is 6.07 Å². The van der Waals surface area contributed by atoms with Gasteiger partial charge in [0.1, 0.15) is 0 Å². The fourth-order valence-electron chi connectivity index (χ4n) is 1.85. The Morgan fingerprint density at radius 3 is 2.73 bits per heavy atom. The van der Waals surface area contributed by atoms with E-state index in [4.69, 9.17) is 0 Å². The Hall–Kier alpha value is -0.830. The number of aromatic nitrogens is 2. The maximum absolute atomic E-state index is 4.43. The van der Waals surface area contributed by atoms with Crippen molar-refractivity contribution in [2.75, 3.05) is 6.54 Å². The summed E-state index contributed by atoms with van der Waals surface area (Å²) in [7, 11) is 0. The van der Waals surface area contributed by atoms with E-state index in [1.54, 1.807) is 0 Å².